The van der Waals surface area contributed by atoms with Crippen LogP contribution in [0.15, 0.2) is 0 Å². The summed E-state index contributed by atoms with van der Waals surface area (Å²) >= 11 is 0. The average molecular weight is 495 g/mol. The summed E-state index contributed by atoms with van der Waals surface area (Å²) in [6, 6.07) is 0. The van der Waals surface area contributed by atoms with Gasteiger partial charge in [-0.3, -0.25) is 0 Å². The first kappa shape index (κ1) is 29.4. The normalized spacial score (nSPS) is 25.6. The van der Waals surface area contributed by atoms with Gasteiger partial charge in [-0.2, -0.15) is 0 Å². The van der Waals surface area contributed by atoms with E-state index in [1.807, 2.05) is 6.92 Å². The standard InChI is InChI=1S/C16H30O2.C15H28O2/c1-13(18)16(12-17,14-8-4-2-5-9-14)15-10-6-3-7-11-15;16-11-15(12-17,13-7-3-1-4-8-13)14-9-5-2-6-10-14/h13-15,17-18H,2-12H2,1H3;13-14,16-17H,1-12H2. The van der Waals surface area contributed by atoms with Crippen LogP contribution in [0.1, 0.15) is 135 Å². The Morgan fingerprint density at radius 2 is 0.771 bits per heavy atom. The Morgan fingerprint density at radius 3 is 1.00 bits per heavy atom. The minimum absolute atomic E-state index is 0.166. The third kappa shape index (κ3) is 6.84. The summed E-state index contributed by atoms with van der Waals surface area (Å²) in [5.74, 6) is 2.21. The average Bonchev–Trinajstić information content (AvgIpc) is 2.93. The van der Waals surface area contributed by atoms with Crippen LogP contribution in [0.5, 0.6) is 0 Å². The van der Waals surface area contributed by atoms with Crippen LogP contribution in [0.4, 0.5) is 0 Å². The fraction of sp³-hybridized carbons (Fsp3) is 1.00. The molecular formula is C31H58O4. The van der Waals surface area contributed by atoms with Gasteiger partial charge in [0, 0.05) is 10.8 Å². The number of rotatable bonds is 8. The van der Waals surface area contributed by atoms with E-state index in [2.05, 4.69) is 0 Å². The summed E-state index contributed by atoms with van der Waals surface area (Å²) in [5.41, 5.74) is -0.373. The molecule has 0 saturated heterocycles. The van der Waals surface area contributed by atoms with Gasteiger partial charge in [-0.15, -0.1) is 0 Å². The number of hydrogen-bond donors (Lipinski definition) is 4. The molecule has 0 heterocycles. The molecule has 0 aliphatic heterocycles. The predicted octanol–water partition coefficient (Wildman–Crippen LogP) is 6.62. The molecule has 0 amide bonds. The van der Waals surface area contributed by atoms with Crippen molar-refractivity contribution >= 4 is 0 Å². The molecule has 206 valence electrons. The fourth-order valence-corrected chi connectivity index (χ4v) is 8.94. The molecule has 0 aromatic heterocycles. The molecule has 4 nitrogen and oxygen atoms in total. The Bertz CT molecular complexity index is 510. The maximum Gasteiger partial charge on any atom is 0.0595 e. The Kier molecular flexibility index (Phi) is 12.3. The van der Waals surface area contributed by atoms with E-state index in [0.29, 0.717) is 23.7 Å². The lowest BCUT2D eigenvalue weighted by Gasteiger charge is -2.50. The number of aliphatic hydroxyl groups excluding tert-OH is 4. The SMILES string of the molecule is CC(O)C(CO)(C1CCCCC1)C1CCCCC1.OCC(CO)(C1CCCCC1)C1CCCCC1. The van der Waals surface area contributed by atoms with Crippen LogP contribution in [0, 0.1) is 34.5 Å². The van der Waals surface area contributed by atoms with Gasteiger partial charge >= 0.3 is 0 Å². The van der Waals surface area contributed by atoms with Gasteiger partial charge in [0.25, 0.3) is 0 Å². The van der Waals surface area contributed by atoms with Crippen molar-refractivity contribution in [2.75, 3.05) is 19.8 Å². The summed E-state index contributed by atoms with van der Waals surface area (Å²) < 4.78 is 0. The van der Waals surface area contributed by atoms with Gasteiger partial charge in [-0.05, 0) is 82.0 Å². The number of aliphatic hydroxyl groups is 4. The Labute approximate surface area is 216 Å². The monoisotopic (exact) mass is 494 g/mol. The zero-order chi connectivity index (χ0) is 25.2. The van der Waals surface area contributed by atoms with Gasteiger partial charge in [0.1, 0.15) is 0 Å². The minimum atomic E-state index is -0.367. The molecule has 0 radical (unpaired) electrons. The van der Waals surface area contributed by atoms with Crippen molar-refractivity contribution in [1.82, 2.24) is 0 Å². The van der Waals surface area contributed by atoms with Crippen molar-refractivity contribution in [3.63, 3.8) is 0 Å². The van der Waals surface area contributed by atoms with Crippen molar-refractivity contribution in [2.24, 2.45) is 34.5 Å². The van der Waals surface area contributed by atoms with E-state index in [1.165, 1.54) is 128 Å². The minimum Gasteiger partial charge on any atom is -0.396 e. The van der Waals surface area contributed by atoms with Gasteiger partial charge in [0.05, 0.1) is 25.9 Å². The quantitative estimate of drug-likeness (QED) is 0.305. The molecule has 4 heteroatoms. The van der Waals surface area contributed by atoms with Crippen LogP contribution < -0.4 is 0 Å². The molecule has 4 fully saturated rings. The Morgan fingerprint density at radius 1 is 0.486 bits per heavy atom. The van der Waals surface area contributed by atoms with Crippen molar-refractivity contribution in [3.05, 3.63) is 0 Å². The topological polar surface area (TPSA) is 80.9 Å². The van der Waals surface area contributed by atoms with Crippen LogP contribution in [-0.2, 0) is 0 Å². The number of hydrogen-bond acceptors (Lipinski definition) is 4. The van der Waals surface area contributed by atoms with Crippen molar-refractivity contribution < 1.29 is 20.4 Å². The largest absolute Gasteiger partial charge is 0.396 e. The van der Waals surface area contributed by atoms with Crippen molar-refractivity contribution in [3.8, 4) is 0 Å². The maximum absolute atomic E-state index is 10.4. The first-order chi connectivity index (χ1) is 17.0. The summed E-state index contributed by atoms with van der Waals surface area (Å²) in [7, 11) is 0. The van der Waals surface area contributed by atoms with Gasteiger partial charge in [-0.25, -0.2) is 0 Å². The second-order valence-electron chi connectivity index (χ2n) is 12.8. The van der Waals surface area contributed by atoms with Crippen LogP contribution in [0.3, 0.4) is 0 Å². The fourth-order valence-electron chi connectivity index (χ4n) is 8.94. The molecule has 1 atom stereocenters. The third-order valence-corrected chi connectivity index (χ3v) is 11.2. The highest BCUT2D eigenvalue weighted by Gasteiger charge is 2.48. The van der Waals surface area contributed by atoms with Gasteiger partial charge in [0.2, 0.25) is 0 Å². The first-order valence-corrected chi connectivity index (χ1v) is 15.6. The molecule has 4 rings (SSSR count). The van der Waals surface area contributed by atoms with Crippen molar-refractivity contribution in [1.29, 1.82) is 0 Å². The predicted molar refractivity (Wildman–Crippen MR) is 144 cm³/mol. The molecule has 35 heavy (non-hydrogen) atoms. The molecule has 0 spiro atoms. The van der Waals surface area contributed by atoms with Crippen LogP contribution >= 0.6 is 0 Å². The molecule has 0 bridgehead atoms. The highest BCUT2D eigenvalue weighted by molar-refractivity contribution is 4.97. The molecule has 4 N–H and O–H groups in total. The molecule has 4 saturated carbocycles. The van der Waals surface area contributed by atoms with Crippen LogP contribution in [0.25, 0.3) is 0 Å². The van der Waals surface area contributed by atoms with E-state index in [-0.39, 0.29) is 36.8 Å². The summed E-state index contributed by atoms with van der Waals surface area (Å²) in [4.78, 5) is 0. The second-order valence-corrected chi connectivity index (χ2v) is 12.8. The lowest BCUT2D eigenvalue weighted by atomic mass is 9.57. The Hall–Kier alpha value is -0.160. The maximum atomic E-state index is 10.4. The van der Waals surface area contributed by atoms with Gasteiger partial charge < -0.3 is 20.4 Å². The second kappa shape index (κ2) is 14.7. The summed E-state index contributed by atoms with van der Waals surface area (Å²) in [6.07, 6.45) is 25.0. The molecule has 0 aromatic carbocycles. The van der Waals surface area contributed by atoms with Crippen molar-refractivity contribution in [2.45, 2.75) is 141 Å². The molecule has 4 aliphatic rings. The van der Waals surface area contributed by atoms with E-state index in [1.54, 1.807) is 0 Å². The summed E-state index contributed by atoms with van der Waals surface area (Å²) in [6.45, 7) is 2.48. The van der Waals surface area contributed by atoms with Gasteiger partial charge in [-0.1, -0.05) is 77.0 Å². The third-order valence-electron chi connectivity index (χ3n) is 11.2. The van der Waals surface area contributed by atoms with E-state index < -0.39 is 0 Å². The van der Waals surface area contributed by atoms with E-state index in [0.717, 1.165) is 0 Å². The zero-order valence-electron chi connectivity index (χ0n) is 22.9. The van der Waals surface area contributed by atoms with E-state index in [9.17, 15) is 20.4 Å². The first-order valence-electron chi connectivity index (χ1n) is 15.6. The Balaban J connectivity index is 0.000000196. The van der Waals surface area contributed by atoms with E-state index >= 15 is 0 Å². The summed E-state index contributed by atoms with van der Waals surface area (Å²) in [5, 5.41) is 40.3. The van der Waals surface area contributed by atoms with E-state index in [4.69, 9.17) is 0 Å². The highest BCUT2D eigenvalue weighted by Crippen LogP contribution is 2.51. The highest BCUT2D eigenvalue weighted by atomic mass is 16.3. The molecular weight excluding hydrogens is 436 g/mol. The lowest BCUT2D eigenvalue weighted by Crippen LogP contribution is -2.50. The van der Waals surface area contributed by atoms with Gasteiger partial charge in [0.15, 0.2) is 0 Å². The zero-order valence-corrected chi connectivity index (χ0v) is 22.9. The van der Waals surface area contributed by atoms with Crippen LogP contribution in [-0.4, -0.2) is 46.4 Å². The smallest absolute Gasteiger partial charge is 0.0595 e. The lowest BCUT2D eigenvalue weighted by molar-refractivity contribution is -0.109. The molecule has 1 unspecified atom stereocenters. The molecule has 0 aromatic rings. The molecule has 4 aliphatic carbocycles. The van der Waals surface area contributed by atoms with Crippen LogP contribution in [0.2, 0.25) is 0 Å².